The first kappa shape index (κ1) is 8.33. The Balaban J connectivity index is 2.43. The van der Waals surface area contributed by atoms with Crippen LogP contribution in [0, 0.1) is 0 Å². The molecule has 1 heterocycles. The Labute approximate surface area is 66.3 Å². The van der Waals surface area contributed by atoms with Crippen LogP contribution in [0.15, 0.2) is 0 Å². The maximum absolute atomic E-state index is 10.9. The smallest absolute Gasteiger partial charge is 0.410 e. The van der Waals surface area contributed by atoms with Crippen molar-refractivity contribution in [1.82, 2.24) is 4.90 Å². The number of cyclic esters (lactones) is 1. The van der Waals surface area contributed by atoms with Crippen molar-refractivity contribution < 1.29 is 9.53 Å². The lowest BCUT2D eigenvalue weighted by molar-refractivity contribution is 0.153. The average Bonchev–Trinajstić information content (AvgIpc) is 2.12. The summed E-state index contributed by atoms with van der Waals surface area (Å²) in [6, 6.07) is 0. The van der Waals surface area contributed by atoms with E-state index in [1.165, 1.54) is 0 Å². The third kappa shape index (κ3) is 2.38. The predicted octanol–water partition coefficient (Wildman–Crippen LogP) is 0.176. The molecule has 0 aromatic rings. The highest BCUT2D eigenvalue weighted by Gasteiger charge is 2.26. The van der Waals surface area contributed by atoms with Crippen LogP contribution in [0.2, 0.25) is 0 Å². The lowest BCUT2D eigenvalue weighted by atomic mass is 10.1. The van der Waals surface area contributed by atoms with Crippen molar-refractivity contribution in [3.05, 3.63) is 0 Å². The van der Waals surface area contributed by atoms with E-state index in [2.05, 4.69) is 0 Å². The summed E-state index contributed by atoms with van der Waals surface area (Å²) >= 11 is 0. The molecule has 2 N–H and O–H groups in total. The molecule has 1 aliphatic rings. The number of nitrogens with zero attached hydrogens (tertiary/aromatic N) is 1. The predicted molar refractivity (Wildman–Crippen MR) is 41.2 cm³/mol. The zero-order valence-electron chi connectivity index (χ0n) is 6.96. The van der Waals surface area contributed by atoms with E-state index in [9.17, 15) is 4.79 Å². The van der Waals surface area contributed by atoms with Crippen molar-refractivity contribution in [2.24, 2.45) is 5.73 Å². The number of hydrogen-bond donors (Lipinski definition) is 1. The topological polar surface area (TPSA) is 55.6 Å². The van der Waals surface area contributed by atoms with Crippen LogP contribution in [0.25, 0.3) is 0 Å². The number of carbonyl (C=O) groups is 1. The molecule has 1 aliphatic heterocycles. The van der Waals surface area contributed by atoms with Crippen LogP contribution >= 0.6 is 0 Å². The first-order valence-electron chi connectivity index (χ1n) is 3.70. The SMILES string of the molecule is CC(C)(N)CN1CCOC1=O. The number of amides is 1. The average molecular weight is 158 g/mol. The van der Waals surface area contributed by atoms with Crippen LogP contribution in [0.1, 0.15) is 13.8 Å². The zero-order chi connectivity index (χ0) is 8.48. The molecular formula is C7H14N2O2. The fourth-order valence-corrected chi connectivity index (χ4v) is 1.06. The molecule has 0 aliphatic carbocycles. The largest absolute Gasteiger partial charge is 0.448 e. The zero-order valence-corrected chi connectivity index (χ0v) is 6.96. The molecular weight excluding hydrogens is 144 g/mol. The van der Waals surface area contributed by atoms with Gasteiger partial charge in [0.1, 0.15) is 6.61 Å². The molecule has 1 fully saturated rings. The van der Waals surface area contributed by atoms with E-state index < -0.39 is 0 Å². The van der Waals surface area contributed by atoms with Gasteiger partial charge in [0.05, 0.1) is 6.54 Å². The molecule has 4 heteroatoms. The molecule has 0 aromatic heterocycles. The van der Waals surface area contributed by atoms with E-state index in [1.54, 1.807) is 4.90 Å². The molecule has 0 aromatic carbocycles. The van der Waals surface area contributed by atoms with Gasteiger partial charge in [0.15, 0.2) is 0 Å². The first-order chi connectivity index (χ1) is 4.99. The second-order valence-electron chi connectivity index (χ2n) is 3.52. The van der Waals surface area contributed by atoms with Crippen LogP contribution in [0.3, 0.4) is 0 Å². The van der Waals surface area contributed by atoms with Crippen LogP contribution in [-0.4, -0.2) is 36.2 Å². The number of ether oxygens (including phenoxy) is 1. The second-order valence-corrected chi connectivity index (χ2v) is 3.52. The van der Waals surface area contributed by atoms with Gasteiger partial charge in [-0.05, 0) is 13.8 Å². The lowest BCUT2D eigenvalue weighted by Crippen LogP contribution is -2.45. The van der Waals surface area contributed by atoms with E-state index in [0.29, 0.717) is 19.7 Å². The molecule has 4 nitrogen and oxygen atoms in total. The number of hydrogen-bond acceptors (Lipinski definition) is 3. The summed E-state index contributed by atoms with van der Waals surface area (Å²) in [6.45, 7) is 5.50. The molecule has 0 saturated carbocycles. The Hall–Kier alpha value is -0.770. The van der Waals surface area contributed by atoms with Gasteiger partial charge in [0, 0.05) is 12.1 Å². The van der Waals surface area contributed by atoms with Crippen molar-refractivity contribution in [2.45, 2.75) is 19.4 Å². The molecule has 11 heavy (non-hydrogen) atoms. The van der Waals surface area contributed by atoms with Gasteiger partial charge in [0.2, 0.25) is 0 Å². The minimum atomic E-state index is -0.330. The van der Waals surface area contributed by atoms with E-state index in [-0.39, 0.29) is 11.6 Å². The van der Waals surface area contributed by atoms with Gasteiger partial charge in [-0.25, -0.2) is 4.79 Å². The summed E-state index contributed by atoms with van der Waals surface area (Å²) in [5.74, 6) is 0. The Morgan fingerprint density at radius 3 is 2.73 bits per heavy atom. The van der Waals surface area contributed by atoms with Crippen molar-refractivity contribution >= 4 is 6.09 Å². The van der Waals surface area contributed by atoms with Gasteiger partial charge in [-0.1, -0.05) is 0 Å². The van der Waals surface area contributed by atoms with Gasteiger partial charge in [0.25, 0.3) is 0 Å². The van der Waals surface area contributed by atoms with Crippen molar-refractivity contribution in [1.29, 1.82) is 0 Å². The highest BCUT2D eigenvalue weighted by molar-refractivity contribution is 5.69. The molecule has 0 bridgehead atoms. The van der Waals surface area contributed by atoms with Gasteiger partial charge < -0.3 is 15.4 Å². The van der Waals surface area contributed by atoms with E-state index >= 15 is 0 Å². The molecule has 1 rings (SSSR count). The van der Waals surface area contributed by atoms with Crippen LogP contribution in [0.4, 0.5) is 4.79 Å². The quantitative estimate of drug-likeness (QED) is 0.623. The molecule has 64 valence electrons. The highest BCUT2D eigenvalue weighted by Crippen LogP contribution is 2.07. The van der Waals surface area contributed by atoms with Gasteiger partial charge in [-0.15, -0.1) is 0 Å². The minimum absolute atomic E-state index is 0.247. The van der Waals surface area contributed by atoms with Gasteiger partial charge in [-0.2, -0.15) is 0 Å². The van der Waals surface area contributed by atoms with Crippen LogP contribution < -0.4 is 5.73 Å². The molecule has 0 spiro atoms. The monoisotopic (exact) mass is 158 g/mol. The molecule has 1 saturated heterocycles. The van der Waals surface area contributed by atoms with Gasteiger partial charge in [-0.3, -0.25) is 0 Å². The summed E-state index contributed by atoms with van der Waals surface area (Å²) in [5, 5.41) is 0. The fraction of sp³-hybridized carbons (Fsp3) is 0.857. The van der Waals surface area contributed by atoms with E-state index in [4.69, 9.17) is 10.5 Å². The summed E-state index contributed by atoms with van der Waals surface area (Å²) < 4.78 is 4.74. The number of rotatable bonds is 2. The maximum atomic E-state index is 10.9. The minimum Gasteiger partial charge on any atom is -0.448 e. The Kier molecular flexibility index (Phi) is 2.04. The number of nitrogens with two attached hydrogens (primary N) is 1. The summed E-state index contributed by atoms with van der Waals surface area (Å²) in [5.41, 5.74) is 5.40. The van der Waals surface area contributed by atoms with Crippen LogP contribution in [0.5, 0.6) is 0 Å². The van der Waals surface area contributed by atoms with E-state index in [1.807, 2.05) is 13.8 Å². The van der Waals surface area contributed by atoms with Crippen molar-refractivity contribution in [3.63, 3.8) is 0 Å². The second kappa shape index (κ2) is 2.70. The van der Waals surface area contributed by atoms with Crippen LogP contribution in [-0.2, 0) is 4.74 Å². The number of carbonyl (C=O) groups excluding carboxylic acids is 1. The standard InChI is InChI=1S/C7H14N2O2/c1-7(2,8)5-9-3-4-11-6(9)10/h3-5,8H2,1-2H3. The molecule has 0 radical (unpaired) electrons. The Morgan fingerprint density at radius 1 is 1.73 bits per heavy atom. The molecule has 1 amide bonds. The fourth-order valence-electron chi connectivity index (χ4n) is 1.06. The third-order valence-electron chi connectivity index (χ3n) is 1.44. The summed E-state index contributed by atoms with van der Waals surface area (Å²) in [6.07, 6.45) is -0.247. The highest BCUT2D eigenvalue weighted by atomic mass is 16.6. The Morgan fingerprint density at radius 2 is 2.36 bits per heavy atom. The first-order valence-corrected chi connectivity index (χ1v) is 3.70. The van der Waals surface area contributed by atoms with Crippen molar-refractivity contribution in [3.8, 4) is 0 Å². The van der Waals surface area contributed by atoms with Gasteiger partial charge >= 0.3 is 6.09 Å². The summed E-state index contributed by atoms with van der Waals surface area (Å²) in [4.78, 5) is 12.5. The summed E-state index contributed by atoms with van der Waals surface area (Å²) in [7, 11) is 0. The van der Waals surface area contributed by atoms with Crippen molar-refractivity contribution in [2.75, 3.05) is 19.7 Å². The molecule has 0 unspecified atom stereocenters. The lowest BCUT2D eigenvalue weighted by Gasteiger charge is -2.23. The maximum Gasteiger partial charge on any atom is 0.410 e. The third-order valence-corrected chi connectivity index (χ3v) is 1.44. The van der Waals surface area contributed by atoms with E-state index in [0.717, 1.165) is 0 Å². The Bertz CT molecular complexity index is 162. The molecule has 0 atom stereocenters. The normalized spacial score (nSPS) is 18.8.